The molecule has 112 valence electrons. The first-order valence-electron chi connectivity index (χ1n) is 6.10. The highest BCUT2D eigenvalue weighted by molar-refractivity contribution is 5.83. The van der Waals surface area contributed by atoms with Crippen LogP contribution < -0.4 is 10.6 Å². The number of hydrogen-bond acceptors (Lipinski definition) is 4. The van der Waals surface area contributed by atoms with Gasteiger partial charge in [0.25, 0.3) is 0 Å². The summed E-state index contributed by atoms with van der Waals surface area (Å²) in [6.07, 6.45) is 5.05. The number of hydrogen-bond donors (Lipinski definition) is 5. The Morgan fingerprint density at radius 2 is 1.95 bits per heavy atom. The largest absolute Gasteiger partial charge is 0.504 e. The van der Waals surface area contributed by atoms with E-state index in [2.05, 4.69) is 16.6 Å². The number of rotatable bonds is 5. The van der Waals surface area contributed by atoms with Crippen LogP contribution in [-0.4, -0.2) is 39.4 Å². The maximum atomic E-state index is 11.6. The van der Waals surface area contributed by atoms with Crippen LogP contribution in [-0.2, 0) is 11.2 Å². The third kappa shape index (κ3) is 4.95. The van der Waals surface area contributed by atoms with Gasteiger partial charge in [-0.2, -0.15) is 0 Å². The van der Waals surface area contributed by atoms with Crippen LogP contribution in [0.3, 0.4) is 0 Å². The van der Waals surface area contributed by atoms with Gasteiger partial charge in [0.1, 0.15) is 6.04 Å². The molecule has 0 bridgehead atoms. The second-order valence-corrected chi connectivity index (χ2v) is 4.42. The molecule has 5 N–H and O–H groups in total. The number of benzene rings is 1. The summed E-state index contributed by atoms with van der Waals surface area (Å²) in [5.74, 6) is 0.385. The van der Waals surface area contributed by atoms with Gasteiger partial charge in [-0.1, -0.05) is 12.0 Å². The number of carbonyl (C=O) groups excluding carboxylic acids is 1. The second kappa shape index (κ2) is 7.05. The summed E-state index contributed by atoms with van der Waals surface area (Å²) in [5, 5.41) is 32.3. The average molecular weight is 292 g/mol. The topological polar surface area (TPSA) is 119 Å². The third-order valence-electron chi connectivity index (χ3n) is 2.68. The molecule has 0 aliphatic rings. The molecule has 1 aromatic rings. The van der Waals surface area contributed by atoms with Crippen LogP contribution in [0.2, 0.25) is 0 Å². The molecule has 1 rings (SSSR count). The van der Waals surface area contributed by atoms with Crippen LogP contribution in [0.1, 0.15) is 12.5 Å². The quantitative estimate of drug-likeness (QED) is 0.398. The van der Waals surface area contributed by atoms with Gasteiger partial charge in [-0.3, -0.25) is 0 Å². The molecular weight excluding hydrogens is 276 g/mol. The lowest BCUT2D eigenvalue weighted by Crippen LogP contribution is -2.49. The molecule has 21 heavy (non-hydrogen) atoms. The Balaban J connectivity index is 2.74. The van der Waals surface area contributed by atoms with E-state index in [9.17, 15) is 19.8 Å². The van der Waals surface area contributed by atoms with Crippen LogP contribution in [0.15, 0.2) is 18.2 Å². The molecule has 0 heterocycles. The van der Waals surface area contributed by atoms with Crippen molar-refractivity contribution in [3.05, 3.63) is 23.8 Å². The van der Waals surface area contributed by atoms with Crippen LogP contribution in [0.5, 0.6) is 11.5 Å². The van der Waals surface area contributed by atoms with Crippen LogP contribution >= 0.6 is 0 Å². The first kappa shape index (κ1) is 16.2. The molecule has 7 nitrogen and oxygen atoms in total. The van der Waals surface area contributed by atoms with Gasteiger partial charge in [-0.25, -0.2) is 9.59 Å². The maximum absolute atomic E-state index is 11.6. The van der Waals surface area contributed by atoms with Gasteiger partial charge in [0.15, 0.2) is 11.5 Å². The number of terminal acetylenes is 1. The molecule has 1 aromatic carbocycles. The molecule has 0 aliphatic carbocycles. The number of nitrogens with one attached hydrogen (secondary N) is 2. The Morgan fingerprint density at radius 1 is 1.29 bits per heavy atom. The highest BCUT2D eigenvalue weighted by Crippen LogP contribution is 2.25. The fourth-order valence-electron chi connectivity index (χ4n) is 1.57. The fourth-order valence-corrected chi connectivity index (χ4v) is 1.57. The number of phenolic OH excluding ortho intramolecular Hbond substituents is 2. The average Bonchev–Trinajstić information content (AvgIpc) is 2.41. The first-order valence-corrected chi connectivity index (χ1v) is 6.10. The summed E-state index contributed by atoms with van der Waals surface area (Å²) in [7, 11) is 0. The summed E-state index contributed by atoms with van der Waals surface area (Å²) in [5.41, 5.74) is 0.447. The van der Waals surface area contributed by atoms with Gasteiger partial charge in [-0.15, -0.1) is 6.42 Å². The van der Waals surface area contributed by atoms with Crippen LogP contribution in [0.25, 0.3) is 0 Å². The molecule has 2 amide bonds. The molecule has 0 saturated carbocycles. The van der Waals surface area contributed by atoms with E-state index in [4.69, 9.17) is 11.5 Å². The van der Waals surface area contributed by atoms with Crippen molar-refractivity contribution in [3.8, 4) is 23.8 Å². The Morgan fingerprint density at radius 3 is 2.48 bits per heavy atom. The number of carbonyl (C=O) groups is 2. The molecule has 0 saturated heterocycles. The monoisotopic (exact) mass is 292 g/mol. The molecule has 2 atom stereocenters. The van der Waals surface area contributed by atoms with Gasteiger partial charge < -0.3 is 26.0 Å². The molecular formula is C14H16N2O5. The molecule has 1 unspecified atom stereocenters. The lowest BCUT2D eigenvalue weighted by Gasteiger charge is -2.16. The number of carboxylic acid groups (broad SMARTS) is 1. The van der Waals surface area contributed by atoms with Crippen molar-refractivity contribution < 1.29 is 24.9 Å². The van der Waals surface area contributed by atoms with E-state index in [1.165, 1.54) is 18.2 Å². The number of phenols is 2. The highest BCUT2D eigenvalue weighted by Gasteiger charge is 2.21. The summed E-state index contributed by atoms with van der Waals surface area (Å²) < 4.78 is 0. The minimum Gasteiger partial charge on any atom is -0.504 e. The van der Waals surface area contributed by atoms with E-state index in [1.54, 1.807) is 6.92 Å². The van der Waals surface area contributed by atoms with Crippen molar-refractivity contribution >= 4 is 12.0 Å². The van der Waals surface area contributed by atoms with Gasteiger partial charge in [0.05, 0.1) is 6.04 Å². The highest BCUT2D eigenvalue weighted by atomic mass is 16.4. The van der Waals surface area contributed by atoms with E-state index >= 15 is 0 Å². The summed E-state index contributed by atoms with van der Waals surface area (Å²) >= 11 is 0. The zero-order valence-electron chi connectivity index (χ0n) is 11.3. The molecule has 0 spiro atoms. The van der Waals surface area contributed by atoms with E-state index < -0.39 is 24.1 Å². The lowest BCUT2D eigenvalue weighted by molar-refractivity contribution is -0.139. The normalized spacial score (nSPS) is 12.8. The number of carboxylic acids is 1. The Kier molecular flexibility index (Phi) is 5.43. The summed E-state index contributed by atoms with van der Waals surface area (Å²) in [6.45, 7) is 1.58. The van der Waals surface area contributed by atoms with Crippen molar-refractivity contribution in [1.29, 1.82) is 0 Å². The zero-order valence-corrected chi connectivity index (χ0v) is 11.3. The van der Waals surface area contributed by atoms with E-state index in [0.29, 0.717) is 5.56 Å². The first-order chi connectivity index (χ1) is 9.83. The Hall–Kier alpha value is -2.88. The maximum Gasteiger partial charge on any atom is 0.326 e. The van der Waals surface area contributed by atoms with Gasteiger partial charge in [-0.05, 0) is 24.6 Å². The van der Waals surface area contributed by atoms with Crippen molar-refractivity contribution in [2.24, 2.45) is 0 Å². The van der Waals surface area contributed by atoms with Gasteiger partial charge in [0.2, 0.25) is 0 Å². The molecule has 0 radical (unpaired) electrons. The molecule has 7 heteroatoms. The number of aromatic hydroxyl groups is 2. The molecule has 0 aromatic heterocycles. The van der Waals surface area contributed by atoms with E-state index in [0.717, 1.165) is 0 Å². The Labute approximate surface area is 121 Å². The van der Waals surface area contributed by atoms with Gasteiger partial charge >= 0.3 is 12.0 Å². The minimum atomic E-state index is -1.23. The van der Waals surface area contributed by atoms with Crippen LogP contribution in [0, 0.1) is 12.3 Å². The van der Waals surface area contributed by atoms with Gasteiger partial charge in [0, 0.05) is 6.42 Å². The zero-order chi connectivity index (χ0) is 16.0. The van der Waals surface area contributed by atoms with E-state index in [1.807, 2.05) is 0 Å². The standard InChI is InChI=1S/C14H16N2O5/c1-3-8(2)15-14(21)16-10(13(19)20)6-9-4-5-11(17)12(18)7-9/h1,4-5,7-8,10,17-18H,6H2,2H3,(H,19,20)(H2,15,16,21)/t8?,10-/m0/s1. The molecule has 0 aliphatic heterocycles. The SMILES string of the molecule is C#CC(C)NC(=O)N[C@@H](Cc1ccc(O)c(O)c1)C(=O)O. The van der Waals surface area contributed by atoms with Crippen molar-refractivity contribution in [1.82, 2.24) is 10.6 Å². The number of amides is 2. The predicted octanol–water partition coefficient (Wildman–Crippen LogP) is 0.414. The summed E-state index contributed by atoms with van der Waals surface area (Å²) in [4.78, 5) is 22.7. The number of urea groups is 1. The summed E-state index contributed by atoms with van der Waals surface area (Å²) in [6, 6.07) is 1.50. The fraction of sp³-hybridized carbons (Fsp3) is 0.286. The van der Waals surface area contributed by atoms with Crippen LogP contribution in [0.4, 0.5) is 4.79 Å². The minimum absolute atomic E-state index is 0.0545. The van der Waals surface area contributed by atoms with Crippen molar-refractivity contribution in [3.63, 3.8) is 0 Å². The second-order valence-electron chi connectivity index (χ2n) is 4.42. The number of aliphatic carboxylic acids is 1. The third-order valence-corrected chi connectivity index (χ3v) is 2.68. The smallest absolute Gasteiger partial charge is 0.326 e. The van der Waals surface area contributed by atoms with Crippen molar-refractivity contribution in [2.75, 3.05) is 0 Å². The predicted molar refractivity (Wildman–Crippen MR) is 74.9 cm³/mol. The van der Waals surface area contributed by atoms with Crippen molar-refractivity contribution in [2.45, 2.75) is 25.4 Å². The lowest BCUT2D eigenvalue weighted by atomic mass is 10.1. The molecule has 0 fully saturated rings. The van der Waals surface area contributed by atoms with E-state index in [-0.39, 0.29) is 17.9 Å². The Bertz CT molecular complexity index is 579.